The van der Waals surface area contributed by atoms with E-state index in [0.29, 0.717) is 22.5 Å². The summed E-state index contributed by atoms with van der Waals surface area (Å²) in [4.78, 5) is 17.6. The molecule has 3 rings (SSSR count). The first-order valence-corrected chi connectivity index (χ1v) is 9.49. The maximum Gasteiger partial charge on any atom is 0.261 e. The van der Waals surface area contributed by atoms with E-state index in [0.717, 1.165) is 25.2 Å². The van der Waals surface area contributed by atoms with Crippen LogP contribution >= 0.6 is 11.6 Å². The van der Waals surface area contributed by atoms with Gasteiger partial charge in [-0.15, -0.1) is 0 Å². The molecule has 3 aromatic rings. The lowest BCUT2D eigenvalue weighted by Crippen LogP contribution is -2.32. The summed E-state index contributed by atoms with van der Waals surface area (Å²) in [6.07, 6.45) is 1.79. The Bertz CT molecular complexity index is 937. The van der Waals surface area contributed by atoms with Crippen molar-refractivity contribution >= 4 is 22.5 Å². The Hall–Kier alpha value is -2.17. The lowest BCUT2D eigenvalue weighted by Gasteiger charge is -2.21. The Labute approximate surface area is 158 Å². The molecule has 0 unspecified atom stereocenters. The van der Waals surface area contributed by atoms with Crippen LogP contribution in [0.1, 0.15) is 37.7 Å². The van der Waals surface area contributed by atoms with E-state index < -0.39 is 0 Å². The zero-order valence-electron chi connectivity index (χ0n) is 15.2. The van der Waals surface area contributed by atoms with E-state index >= 15 is 0 Å². The third-order valence-electron chi connectivity index (χ3n) is 4.63. The van der Waals surface area contributed by atoms with Crippen molar-refractivity contribution in [2.24, 2.45) is 0 Å². The highest BCUT2D eigenvalue weighted by atomic mass is 35.5. The van der Waals surface area contributed by atoms with Gasteiger partial charge < -0.3 is 5.32 Å². The standard InChI is InChI=1S/C21H24ClN3O/c1-3-18(23-13-12-15-8-6-5-7-9-15)20-24-19-14-16(22)10-11-17(19)21(26)25(20)4-2/h5-11,14,18,23H,3-4,12-13H2,1-2H3/t18-/m1/s1. The smallest absolute Gasteiger partial charge is 0.261 e. The van der Waals surface area contributed by atoms with Gasteiger partial charge >= 0.3 is 0 Å². The summed E-state index contributed by atoms with van der Waals surface area (Å²) >= 11 is 6.10. The molecule has 1 N–H and O–H groups in total. The van der Waals surface area contributed by atoms with Gasteiger partial charge in [0.05, 0.1) is 16.9 Å². The second-order valence-electron chi connectivity index (χ2n) is 6.33. The van der Waals surface area contributed by atoms with E-state index in [1.54, 1.807) is 22.8 Å². The molecule has 0 spiro atoms. The zero-order valence-corrected chi connectivity index (χ0v) is 16.0. The van der Waals surface area contributed by atoms with Gasteiger partial charge in [-0.25, -0.2) is 4.98 Å². The van der Waals surface area contributed by atoms with E-state index in [1.165, 1.54) is 5.56 Å². The second kappa shape index (κ2) is 8.47. The molecule has 4 nitrogen and oxygen atoms in total. The summed E-state index contributed by atoms with van der Waals surface area (Å²) in [5.74, 6) is 0.780. The topological polar surface area (TPSA) is 46.9 Å². The number of nitrogens with zero attached hydrogens (tertiary/aromatic N) is 2. The molecule has 0 aliphatic heterocycles. The van der Waals surface area contributed by atoms with Crippen molar-refractivity contribution in [3.63, 3.8) is 0 Å². The number of fused-ring (bicyclic) bond motifs is 1. The largest absolute Gasteiger partial charge is 0.307 e. The fourth-order valence-corrected chi connectivity index (χ4v) is 3.40. The van der Waals surface area contributed by atoms with Crippen LogP contribution in [-0.2, 0) is 13.0 Å². The van der Waals surface area contributed by atoms with Gasteiger partial charge in [-0.1, -0.05) is 48.9 Å². The molecule has 0 fully saturated rings. The van der Waals surface area contributed by atoms with Crippen LogP contribution in [-0.4, -0.2) is 16.1 Å². The van der Waals surface area contributed by atoms with E-state index in [1.807, 2.05) is 13.0 Å². The first-order chi connectivity index (χ1) is 12.6. The maximum atomic E-state index is 12.9. The van der Waals surface area contributed by atoms with Gasteiger partial charge in [0, 0.05) is 11.6 Å². The second-order valence-corrected chi connectivity index (χ2v) is 6.77. The summed E-state index contributed by atoms with van der Waals surface area (Å²) in [5.41, 5.74) is 1.94. The van der Waals surface area contributed by atoms with Crippen LogP contribution in [0.5, 0.6) is 0 Å². The van der Waals surface area contributed by atoms with Crippen molar-refractivity contribution in [3.05, 3.63) is 75.3 Å². The highest BCUT2D eigenvalue weighted by Gasteiger charge is 2.17. The van der Waals surface area contributed by atoms with Gasteiger partial charge in [-0.3, -0.25) is 9.36 Å². The van der Waals surface area contributed by atoms with Crippen LogP contribution in [0.3, 0.4) is 0 Å². The highest BCUT2D eigenvalue weighted by Crippen LogP contribution is 2.19. The molecule has 0 aliphatic carbocycles. The summed E-state index contributed by atoms with van der Waals surface area (Å²) in [5, 5.41) is 4.76. The van der Waals surface area contributed by atoms with Gasteiger partial charge in [0.1, 0.15) is 5.82 Å². The first kappa shape index (κ1) is 18.6. The Morgan fingerprint density at radius 1 is 1.15 bits per heavy atom. The average Bonchev–Trinajstić information content (AvgIpc) is 2.66. The Kier molecular flexibility index (Phi) is 6.07. The summed E-state index contributed by atoms with van der Waals surface area (Å²) in [6, 6.07) is 15.7. The molecular weight excluding hydrogens is 346 g/mol. The Morgan fingerprint density at radius 2 is 1.92 bits per heavy atom. The van der Waals surface area contributed by atoms with Crippen molar-refractivity contribution in [2.75, 3.05) is 6.54 Å². The van der Waals surface area contributed by atoms with Crippen LogP contribution in [0.15, 0.2) is 53.3 Å². The van der Waals surface area contributed by atoms with E-state index in [-0.39, 0.29) is 11.6 Å². The summed E-state index contributed by atoms with van der Waals surface area (Å²) in [7, 11) is 0. The first-order valence-electron chi connectivity index (χ1n) is 9.11. The quantitative estimate of drug-likeness (QED) is 0.673. The SMILES string of the molecule is CC[C@@H](NCCc1ccccc1)c1nc2cc(Cl)ccc2c(=O)n1CC. The van der Waals surface area contributed by atoms with E-state index in [2.05, 4.69) is 36.5 Å². The molecule has 0 bridgehead atoms. The predicted octanol–water partition coefficient (Wildman–Crippen LogP) is 4.35. The van der Waals surface area contributed by atoms with Crippen molar-refractivity contribution < 1.29 is 0 Å². The molecule has 2 aromatic carbocycles. The molecule has 0 radical (unpaired) electrons. The minimum atomic E-state index is -0.00697. The van der Waals surface area contributed by atoms with E-state index in [9.17, 15) is 4.79 Å². The Balaban J connectivity index is 1.89. The normalized spacial score (nSPS) is 12.4. The third-order valence-corrected chi connectivity index (χ3v) is 4.87. The zero-order chi connectivity index (χ0) is 18.5. The number of hydrogen-bond acceptors (Lipinski definition) is 3. The maximum absolute atomic E-state index is 12.9. The van der Waals surface area contributed by atoms with Gasteiger partial charge in [0.2, 0.25) is 0 Å². The van der Waals surface area contributed by atoms with Crippen LogP contribution in [0.2, 0.25) is 5.02 Å². The molecule has 0 saturated heterocycles. The molecule has 1 heterocycles. The van der Waals surface area contributed by atoms with Crippen LogP contribution < -0.4 is 10.9 Å². The van der Waals surface area contributed by atoms with Gasteiger partial charge in [0.15, 0.2) is 0 Å². The Morgan fingerprint density at radius 3 is 2.62 bits per heavy atom. The van der Waals surface area contributed by atoms with Crippen molar-refractivity contribution in [1.82, 2.24) is 14.9 Å². The van der Waals surface area contributed by atoms with Crippen LogP contribution in [0.25, 0.3) is 10.9 Å². The van der Waals surface area contributed by atoms with Crippen molar-refractivity contribution in [1.29, 1.82) is 0 Å². The van der Waals surface area contributed by atoms with Gasteiger partial charge in [-0.05, 0) is 50.1 Å². The number of nitrogens with one attached hydrogen (secondary N) is 1. The van der Waals surface area contributed by atoms with Gasteiger partial charge in [0.25, 0.3) is 5.56 Å². The molecule has 136 valence electrons. The minimum absolute atomic E-state index is 0.00697. The molecule has 1 aromatic heterocycles. The molecular formula is C21H24ClN3O. The van der Waals surface area contributed by atoms with Crippen LogP contribution in [0.4, 0.5) is 0 Å². The van der Waals surface area contributed by atoms with Crippen molar-refractivity contribution in [3.8, 4) is 0 Å². The monoisotopic (exact) mass is 369 g/mol. The number of hydrogen-bond donors (Lipinski definition) is 1. The predicted molar refractivity (Wildman–Crippen MR) is 108 cm³/mol. The number of rotatable bonds is 7. The number of aromatic nitrogens is 2. The molecule has 0 saturated carbocycles. The lowest BCUT2D eigenvalue weighted by atomic mass is 10.1. The third kappa shape index (κ3) is 3.97. The number of benzene rings is 2. The van der Waals surface area contributed by atoms with Crippen molar-refractivity contribution in [2.45, 2.75) is 39.3 Å². The van der Waals surface area contributed by atoms with E-state index in [4.69, 9.17) is 16.6 Å². The molecule has 5 heteroatoms. The van der Waals surface area contributed by atoms with Gasteiger partial charge in [-0.2, -0.15) is 0 Å². The minimum Gasteiger partial charge on any atom is -0.307 e. The highest BCUT2D eigenvalue weighted by molar-refractivity contribution is 6.31. The summed E-state index contributed by atoms with van der Waals surface area (Å²) in [6.45, 7) is 5.51. The lowest BCUT2D eigenvalue weighted by molar-refractivity contribution is 0.466. The average molecular weight is 370 g/mol. The molecule has 1 atom stereocenters. The summed E-state index contributed by atoms with van der Waals surface area (Å²) < 4.78 is 1.76. The molecule has 26 heavy (non-hydrogen) atoms. The number of halogens is 1. The fraction of sp³-hybridized carbons (Fsp3) is 0.333. The van der Waals surface area contributed by atoms with Crippen LogP contribution in [0, 0.1) is 0 Å². The molecule has 0 amide bonds. The molecule has 0 aliphatic rings. The fourth-order valence-electron chi connectivity index (χ4n) is 3.24.